The molecule has 1 heterocycles. The fourth-order valence-corrected chi connectivity index (χ4v) is 4.35. The Hall–Kier alpha value is -0.470. The molecule has 0 spiro atoms. The Morgan fingerprint density at radius 3 is 2.46 bits per heavy atom. The lowest BCUT2D eigenvalue weighted by molar-refractivity contribution is 0.0793. The van der Waals surface area contributed by atoms with Crippen LogP contribution < -0.4 is 5.32 Å². The number of ether oxygens (including phenoxy) is 1. The molecule has 1 fully saturated rings. The molecule has 1 aromatic carbocycles. The zero-order chi connectivity index (χ0) is 18.1. The third kappa shape index (κ3) is 7.27. The summed E-state index contributed by atoms with van der Waals surface area (Å²) in [4.78, 5) is 7.22. The minimum absolute atomic E-state index is 0. The van der Waals surface area contributed by atoms with Crippen molar-refractivity contribution in [1.82, 2.24) is 10.2 Å². The Balaban J connectivity index is 0.00000338. The predicted molar refractivity (Wildman–Crippen MR) is 125 cm³/mol. The van der Waals surface area contributed by atoms with Crippen LogP contribution in [0.4, 0.5) is 0 Å². The number of nitrogens with one attached hydrogen (secondary N) is 1. The second kappa shape index (κ2) is 12.1. The van der Waals surface area contributed by atoms with Gasteiger partial charge in [0.2, 0.25) is 0 Å². The molecule has 1 aliphatic rings. The van der Waals surface area contributed by atoms with Gasteiger partial charge in [0.1, 0.15) is 0 Å². The van der Waals surface area contributed by atoms with E-state index in [0.29, 0.717) is 0 Å². The molecule has 1 N–H and O–H groups in total. The van der Waals surface area contributed by atoms with E-state index < -0.39 is 0 Å². The van der Waals surface area contributed by atoms with Crippen molar-refractivity contribution in [3.63, 3.8) is 0 Å². The first kappa shape index (κ1) is 23.6. The summed E-state index contributed by atoms with van der Waals surface area (Å²) in [6.45, 7) is 10.8. The second-order valence-electron chi connectivity index (χ2n) is 6.74. The topological polar surface area (TPSA) is 36.9 Å². The van der Waals surface area contributed by atoms with Crippen molar-refractivity contribution in [2.75, 3.05) is 39.1 Å². The van der Waals surface area contributed by atoms with E-state index in [1.54, 1.807) is 0 Å². The lowest BCUT2D eigenvalue weighted by Crippen LogP contribution is -2.41. The Kier molecular flexibility index (Phi) is 11.0. The van der Waals surface area contributed by atoms with E-state index in [2.05, 4.69) is 62.3 Å². The molecule has 26 heavy (non-hydrogen) atoms. The molecule has 0 saturated carbocycles. The zero-order valence-electron chi connectivity index (χ0n) is 16.6. The van der Waals surface area contributed by atoms with Crippen molar-refractivity contribution in [3.8, 4) is 0 Å². The third-order valence-corrected chi connectivity index (χ3v) is 6.05. The van der Waals surface area contributed by atoms with Crippen molar-refractivity contribution in [2.45, 2.75) is 44.9 Å². The highest BCUT2D eigenvalue weighted by Crippen LogP contribution is 2.35. The fourth-order valence-electron chi connectivity index (χ4n) is 3.13. The molecular formula is C20H34IN3OS. The van der Waals surface area contributed by atoms with Crippen LogP contribution in [-0.2, 0) is 11.3 Å². The first-order valence-corrected chi connectivity index (χ1v) is 10.3. The van der Waals surface area contributed by atoms with Crippen molar-refractivity contribution in [3.05, 3.63) is 35.4 Å². The van der Waals surface area contributed by atoms with E-state index in [0.717, 1.165) is 57.4 Å². The molecule has 0 aliphatic carbocycles. The number of aryl methyl sites for hydroxylation is 1. The van der Waals surface area contributed by atoms with Crippen LogP contribution in [0.1, 0.15) is 37.8 Å². The van der Waals surface area contributed by atoms with Gasteiger partial charge >= 0.3 is 0 Å². The minimum atomic E-state index is 0. The first-order valence-electron chi connectivity index (χ1n) is 9.35. The van der Waals surface area contributed by atoms with Crippen LogP contribution in [0.3, 0.4) is 0 Å². The number of benzene rings is 1. The highest BCUT2D eigenvalue weighted by Gasteiger charge is 2.32. The molecule has 6 heteroatoms. The molecule has 1 aromatic rings. The van der Waals surface area contributed by atoms with Crippen LogP contribution in [0.15, 0.2) is 29.3 Å². The Labute approximate surface area is 180 Å². The van der Waals surface area contributed by atoms with Gasteiger partial charge in [0.25, 0.3) is 0 Å². The summed E-state index contributed by atoms with van der Waals surface area (Å²) in [5.41, 5.74) is 2.60. The number of halogens is 1. The molecule has 0 atom stereocenters. The molecule has 0 unspecified atom stereocenters. The maximum atomic E-state index is 5.57. The molecule has 1 aliphatic heterocycles. The van der Waals surface area contributed by atoms with E-state index in [1.165, 1.54) is 11.1 Å². The van der Waals surface area contributed by atoms with Crippen LogP contribution in [0.2, 0.25) is 0 Å². The first-order chi connectivity index (χ1) is 12.1. The lowest BCUT2D eigenvalue weighted by atomic mass is 9.99. The van der Waals surface area contributed by atoms with Crippen LogP contribution >= 0.6 is 35.7 Å². The largest absolute Gasteiger partial charge is 0.381 e. The number of hydrogen-bond donors (Lipinski definition) is 1. The van der Waals surface area contributed by atoms with Crippen molar-refractivity contribution in [2.24, 2.45) is 4.99 Å². The van der Waals surface area contributed by atoms with Gasteiger partial charge in [-0.1, -0.05) is 36.8 Å². The summed E-state index contributed by atoms with van der Waals surface area (Å²) in [6.07, 6.45) is 2.19. The average molecular weight is 491 g/mol. The van der Waals surface area contributed by atoms with Crippen LogP contribution in [0.25, 0.3) is 0 Å². The SMILES string of the molecule is CCNC(=NCC1(SCC)CCOCC1)N(C)Cc1ccc(C)cc1.I. The van der Waals surface area contributed by atoms with Gasteiger partial charge in [0, 0.05) is 38.1 Å². The summed E-state index contributed by atoms with van der Waals surface area (Å²) in [5.74, 6) is 2.12. The summed E-state index contributed by atoms with van der Waals surface area (Å²) >= 11 is 2.04. The fraction of sp³-hybridized carbons (Fsp3) is 0.650. The summed E-state index contributed by atoms with van der Waals surface area (Å²) in [7, 11) is 2.12. The third-order valence-electron chi connectivity index (χ3n) is 4.61. The molecule has 0 aromatic heterocycles. The number of aliphatic imine (C=N–C) groups is 1. The molecule has 4 nitrogen and oxygen atoms in total. The van der Waals surface area contributed by atoms with Crippen LogP contribution in [-0.4, -0.2) is 54.7 Å². The van der Waals surface area contributed by atoms with Gasteiger partial charge in [-0.25, -0.2) is 0 Å². The number of nitrogens with zero attached hydrogens (tertiary/aromatic N) is 2. The van der Waals surface area contributed by atoms with E-state index in [4.69, 9.17) is 9.73 Å². The predicted octanol–water partition coefficient (Wildman–Crippen LogP) is 4.31. The van der Waals surface area contributed by atoms with E-state index >= 15 is 0 Å². The summed E-state index contributed by atoms with van der Waals surface area (Å²) in [6, 6.07) is 8.73. The van der Waals surface area contributed by atoms with Gasteiger partial charge in [0.05, 0.1) is 6.54 Å². The van der Waals surface area contributed by atoms with Crippen molar-refractivity contribution in [1.29, 1.82) is 0 Å². The monoisotopic (exact) mass is 491 g/mol. The van der Waals surface area contributed by atoms with Crippen LogP contribution in [0, 0.1) is 6.92 Å². The maximum absolute atomic E-state index is 5.57. The van der Waals surface area contributed by atoms with Crippen molar-refractivity contribution >= 4 is 41.7 Å². The van der Waals surface area contributed by atoms with Crippen LogP contribution in [0.5, 0.6) is 0 Å². The standard InChI is InChI=1S/C20H33N3OS.HI/c1-5-21-19(23(4)15-18-9-7-17(3)8-10-18)22-16-20(25-6-2)11-13-24-14-12-20;/h7-10H,5-6,11-16H2,1-4H3,(H,21,22);1H. The summed E-state index contributed by atoms with van der Waals surface area (Å²) in [5, 5.41) is 3.45. The highest BCUT2D eigenvalue weighted by atomic mass is 127. The molecule has 0 amide bonds. The van der Waals surface area contributed by atoms with Gasteiger partial charge in [-0.3, -0.25) is 4.99 Å². The lowest BCUT2D eigenvalue weighted by Gasteiger charge is -2.35. The van der Waals surface area contributed by atoms with Crippen molar-refractivity contribution < 1.29 is 4.74 Å². The number of guanidine groups is 1. The Morgan fingerprint density at radius 1 is 1.23 bits per heavy atom. The summed E-state index contributed by atoms with van der Waals surface area (Å²) < 4.78 is 5.81. The smallest absolute Gasteiger partial charge is 0.194 e. The normalized spacial score (nSPS) is 16.7. The zero-order valence-corrected chi connectivity index (χ0v) is 19.7. The molecule has 2 rings (SSSR count). The average Bonchev–Trinajstić information content (AvgIpc) is 2.61. The van der Waals surface area contributed by atoms with Gasteiger partial charge in [0.15, 0.2) is 5.96 Å². The second-order valence-corrected chi connectivity index (χ2v) is 8.47. The Bertz CT molecular complexity index is 539. The van der Waals surface area contributed by atoms with E-state index in [-0.39, 0.29) is 28.7 Å². The number of rotatable bonds is 7. The molecule has 1 saturated heterocycles. The van der Waals surface area contributed by atoms with Gasteiger partial charge < -0.3 is 15.0 Å². The van der Waals surface area contributed by atoms with Gasteiger partial charge in [-0.2, -0.15) is 11.8 Å². The molecule has 148 valence electrons. The van der Waals surface area contributed by atoms with E-state index in [9.17, 15) is 0 Å². The van der Waals surface area contributed by atoms with Gasteiger partial charge in [-0.15, -0.1) is 24.0 Å². The quantitative estimate of drug-likeness (QED) is 0.351. The number of thioether (sulfide) groups is 1. The molecule has 0 bridgehead atoms. The minimum Gasteiger partial charge on any atom is -0.381 e. The highest BCUT2D eigenvalue weighted by molar-refractivity contribution is 14.0. The maximum Gasteiger partial charge on any atom is 0.194 e. The van der Waals surface area contributed by atoms with E-state index in [1.807, 2.05) is 11.8 Å². The Morgan fingerprint density at radius 2 is 1.88 bits per heavy atom. The molecular weight excluding hydrogens is 457 g/mol. The number of hydrogen-bond acceptors (Lipinski definition) is 3. The van der Waals surface area contributed by atoms with Gasteiger partial charge in [-0.05, 0) is 38.0 Å². The molecule has 0 radical (unpaired) electrons.